The quantitative estimate of drug-likeness (QED) is 0.566. The third-order valence-electron chi connectivity index (χ3n) is 5.00. The van der Waals surface area contributed by atoms with Crippen LogP contribution in [0.15, 0.2) is 65.6 Å². The van der Waals surface area contributed by atoms with Gasteiger partial charge in [-0.1, -0.05) is 50.2 Å². The van der Waals surface area contributed by atoms with Crippen LogP contribution in [0.4, 0.5) is 11.4 Å². The number of aryl methyl sites for hydroxylation is 1. The van der Waals surface area contributed by atoms with E-state index in [-0.39, 0.29) is 17.3 Å². The van der Waals surface area contributed by atoms with Crippen molar-refractivity contribution in [2.45, 2.75) is 25.7 Å². The molecule has 0 saturated carbocycles. The number of hydrogen-bond acceptors (Lipinski definition) is 4. The number of nitrogens with zero attached hydrogens (tertiary/aromatic N) is 1. The lowest BCUT2D eigenvalue weighted by molar-refractivity contribution is -0.114. The second-order valence-electron chi connectivity index (χ2n) is 7.03. The summed E-state index contributed by atoms with van der Waals surface area (Å²) in [5, 5.41) is 8.05. The van der Waals surface area contributed by atoms with Crippen molar-refractivity contribution < 1.29 is 13.2 Å². The van der Waals surface area contributed by atoms with Gasteiger partial charge in [0, 0.05) is 24.5 Å². The van der Waals surface area contributed by atoms with Crippen molar-refractivity contribution in [2.75, 3.05) is 30.3 Å². The minimum Gasteiger partial charge on any atom is -0.376 e. The number of hydrogen-bond donors (Lipinski definition) is 2. The van der Waals surface area contributed by atoms with Crippen LogP contribution in [-0.2, 0) is 14.8 Å². The highest BCUT2D eigenvalue weighted by Crippen LogP contribution is 2.24. The molecule has 0 saturated heterocycles. The second-order valence-corrected chi connectivity index (χ2v) is 8.94. The Balaban J connectivity index is 1.70. The highest BCUT2D eigenvalue weighted by molar-refractivity contribution is 7.89. The Morgan fingerprint density at radius 1 is 0.900 bits per heavy atom. The Bertz CT molecular complexity index is 1160. The molecule has 0 atom stereocenters. The zero-order valence-corrected chi connectivity index (χ0v) is 18.3. The van der Waals surface area contributed by atoms with Crippen molar-refractivity contribution in [1.29, 1.82) is 0 Å². The summed E-state index contributed by atoms with van der Waals surface area (Å²) in [7, 11) is -3.57. The summed E-state index contributed by atoms with van der Waals surface area (Å²) in [5.41, 5.74) is 1.97. The van der Waals surface area contributed by atoms with Crippen molar-refractivity contribution in [1.82, 2.24) is 4.31 Å². The first kappa shape index (κ1) is 21.8. The third-order valence-corrected chi connectivity index (χ3v) is 7.19. The summed E-state index contributed by atoms with van der Waals surface area (Å²) in [6.45, 7) is 6.24. The predicted molar refractivity (Wildman–Crippen MR) is 122 cm³/mol. The molecule has 30 heavy (non-hydrogen) atoms. The van der Waals surface area contributed by atoms with E-state index in [1.54, 1.807) is 25.1 Å². The highest BCUT2D eigenvalue weighted by atomic mass is 32.2. The van der Waals surface area contributed by atoms with Crippen LogP contribution in [0.1, 0.15) is 19.4 Å². The minimum absolute atomic E-state index is 0.0284. The molecule has 1 amide bonds. The molecular formula is C23H27N3O3S. The zero-order chi connectivity index (χ0) is 21.7. The number of nitrogens with one attached hydrogen (secondary N) is 2. The van der Waals surface area contributed by atoms with Gasteiger partial charge < -0.3 is 10.6 Å². The molecule has 0 aliphatic carbocycles. The largest absolute Gasteiger partial charge is 0.376 e. The summed E-state index contributed by atoms with van der Waals surface area (Å²) in [6.07, 6.45) is 0. The van der Waals surface area contributed by atoms with Crippen LogP contribution in [0.3, 0.4) is 0 Å². The van der Waals surface area contributed by atoms with Gasteiger partial charge in [0.05, 0.1) is 11.4 Å². The number of sulfonamides is 1. The smallest absolute Gasteiger partial charge is 0.243 e. The van der Waals surface area contributed by atoms with Crippen LogP contribution in [-0.4, -0.2) is 38.3 Å². The average Bonchev–Trinajstić information content (AvgIpc) is 2.73. The fourth-order valence-corrected chi connectivity index (χ4v) is 5.05. The standard InChI is InChI=1S/C23H27N3O3S/c1-4-26(5-2)30(28,29)22-15-20(12-10-17(22)3)24-16-23(27)25-21-13-11-18-8-6-7-9-19(18)14-21/h6-15,24H,4-5,16H2,1-3H3,(H,25,27). The Labute approximate surface area is 178 Å². The fraction of sp³-hybridized carbons (Fsp3) is 0.261. The van der Waals surface area contributed by atoms with Gasteiger partial charge in [-0.25, -0.2) is 8.42 Å². The fourth-order valence-electron chi connectivity index (χ4n) is 3.35. The number of carbonyl (C=O) groups excluding carboxylic acids is 1. The van der Waals surface area contributed by atoms with Gasteiger partial charge in [-0.05, 0) is 47.5 Å². The summed E-state index contributed by atoms with van der Waals surface area (Å²) < 4.78 is 27.2. The minimum atomic E-state index is -3.57. The molecule has 0 aliphatic rings. The molecule has 0 bridgehead atoms. The maximum atomic E-state index is 12.9. The first-order chi connectivity index (χ1) is 14.3. The number of amides is 1. The predicted octanol–water partition coefficient (Wildman–Crippen LogP) is 4.23. The van der Waals surface area contributed by atoms with Gasteiger partial charge in [-0.15, -0.1) is 0 Å². The van der Waals surface area contributed by atoms with Gasteiger partial charge in [0.15, 0.2) is 0 Å². The van der Waals surface area contributed by atoms with E-state index in [0.717, 1.165) is 10.8 Å². The molecule has 3 aromatic rings. The molecule has 2 N–H and O–H groups in total. The van der Waals surface area contributed by atoms with E-state index in [2.05, 4.69) is 10.6 Å². The van der Waals surface area contributed by atoms with Crippen molar-refractivity contribution in [2.24, 2.45) is 0 Å². The van der Waals surface area contributed by atoms with Crippen LogP contribution in [0.5, 0.6) is 0 Å². The lowest BCUT2D eigenvalue weighted by atomic mass is 10.1. The van der Waals surface area contributed by atoms with Crippen LogP contribution < -0.4 is 10.6 Å². The van der Waals surface area contributed by atoms with Crippen LogP contribution in [0, 0.1) is 6.92 Å². The number of benzene rings is 3. The Morgan fingerprint density at radius 2 is 1.57 bits per heavy atom. The van der Waals surface area contributed by atoms with Gasteiger partial charge in [-0.2, -0.15) is 4.31 Å². The van der Waals surface area contributed by atoms with E-state index in [1.165, 1.54) is 4.31 Å². The lowest BCUT2D eigenvalue weighted by Gasteiger charge is -2.20. The monoisotopic (exact) mass is 425 g/mol. The molecule has 0 aromatic heterocycles. The Morgan fingerprint density at radius 3 is 2.27 bits per heavy atom. The van der Waals surface area contributed by atoms with Gasteiger partial charge in [0.25, 0.3) is 0 Å². The summed E-state index contributed by atoms with van der Waals surface area (Å²) in [4.78, 5) is 12.6. The molecular weight excluding hydrogens is 398 g/mol. The Hall–Kier alpha value is -2.90. The molecule has 3 rings (SSSR count). The molecule has 0 heterocycles. The van der Waals surface area contributed by atoms with Crippen molar-refractivity contribution in [3.63, 3.8) is 0 Å². The average molecular weight is 426 g/mol. The van der Waals surface area contributed by atoms with Gasteiger partial charge in [0.2, 0.25) is 15.9 Å². The van der Waals surface area contributed by atoms with Gasteiger partial charge in [-0.3, -0.25) is 4.79 Å². The van der Waals surface area contributed by atoms with E-state index in [1.807, 2.05) is 56.3 Å². The maximum absolute atomic E-state index is 12.9. The third kappa shape index (κ3) is 4.80. The van der Waals surface area contributed by atoms with E-state index in [9.17, 15) is 13.2 Å². The van der Waals surface area contributed by atoms with E-state index >= 15 is 0 Å². The highest BCUT2D eigenvalue weighted by Gasteiger charge is 2.23. The topological polar surface area (TPSA) is 78.5 Å². The molecule has 6 nitrogen and oxygen atoms in total. The summed E-state index contributed by atoms with van der Waals surface area (Å²) >= 11 is 0. The molecule has 158 valence electrons. The molecule has 0 unspecified atom stereocenters. The second kappa shape index (κ2) is 9.28. The lowest BCUT2D eigenvalue weighted by Crippen LogP contribution is -2.31. The van der Waals surface area contributed by atoms with Crippen LogP contribution >= 0.6 is 0 Å². The van der Waals surface area contributed by atoms with Crippen molar-refractivity contribution >= 4 is 38.1 Å². The molecule has 0 fully saturated rings. The van der Waals surface area contributed by atoms with E-state index < -0.39 is 10.0 Å². The first-order valence-electron chi connectivity index (χ1n) is 9.98. The number of carbonyl (C=O) groups is 1. The van der Waals surface area contributed by atoms with Gasteiger partial charge >= 0.3 is 0 Å². The zero-order valence-electron chi connectivity index (χ0n) is 17.5. The van der Waals surface area contributed by atoms with Crippen LogP contribution in [0.25, 0.3) is 10.8 Å². The number of fused-ring (bicyclic) bond motifs is 1. The maximum Gasteiger partial charge on any atom is 0.243 e. The Kier molecular flexibility index (Phi) is 6.74. The SMILES string of the molecule is CCN(CC)S(=O)(=O)c1cc(NCC(=O)Nc2ccc3ccccc3c2)ccc1C. The molecule has 3 aromatic carbocycles. The summed E-state index contributed by atoms with van der Waals surface area (Å²) in [5.74, 6) is -0.209. The summed E-state index contributed by atoms with van der Waals surface area (Å²) in [6, 6.07) is 18.8. The molecule has 0 spiro atoms. The van der Waals surface area contributed by atoms with E-state index in [4.69, 9.17) is 0 Å². The van der Waals surface area contributed by atoms with Crippen molar-refractivity contribution in [3.8, 4) is 0 Å². The first-order valence-corrected chi connectivity index (χ1v) is 11.4. The molecule has 7 heteroatoms. The number of rotatable bonds is 8. The molecule has 0 aliphatic heterocycles. The van der Waals surface area contributed by atoms with Crippen molar-refractivity contribution in [3.05, 3.63) is 66.2 Å². The van der Waals surface area contributed by atoms with E-state index in [0.29, 0.717) is 30.0 Å². The normalized spacial score (nSPS) is 11.6. The van der Waals surface area contributed by atoms with Crippen LogP contribution in [0.2, 0.25) is 0 Å². The van der Waals surface area contributed by atoms with Gasteiger partial charge in [0.1, 0.15) is 0 Å². The molecule has 0 radical (unpaired) electrons. The number of anilines is 2.